The van der Waals surface area contributed by atoms with E-state index in [1.807, 2.05) is 41.8 Å². The average Bonchev–Trinajstić information content (AvgIpc) is 2.93. The van der Waals surface area contributed by atoms with E-state index < -0.39 is 6.10 Å². The zero-order valence-electron chi connectivity index (χ0n) is 13.4. The summed E-state index contributed by atoms with van der Waals surface area (Å²) < 4.78 is 8.10. The highest BCUT2D eigenvalue weighted by atomic mass is 32.1. The third-order valence-corrected chi connectivity index (χ3v) is 3.83. The maximum Gasteiger partial charge on any atom is 0.248 e. The van der Waals surface area contributed by atoms with E-state index in [0.29, 0.717) is 24.3 Å². The topological polar surface area (TPSA) is 71.9 Å². The quantitative estimate of drug-likeness (QED) is 0.726. The number of rotatable bonds is 8. The molecule has 1 heterocycles. The molecular weight excluding hydrogens is 312 g/mol. The summed E-state index contributed by atoms with van der Waals surface area (Å²) in [6.07, 6.45) is 0.125. The second kappa shape index (κ2) is 8.59. The first-order valence-corrected chi connectivity index (χ1v) is 8.10. The summed E-state index contributed by atoms with van der Waals surface area (Å²) in [6.45, 7) is 5.43. The minimum absolute atomic E-state index is 0.127. The highest BCUT2D eigenvalue weighted by Gasteiger charge is 2.13. The molecule has 0 saturated carbocycles. The molecule has 0 spiro atoms. The number of hydrogen-bond acceptors (Lipinski definition) is 4. The minimum atomic E-state index is -0.498. The van der Waals surface area contributed by atoms with Crippen molar-refractivity contribution in [1.82, 2.24) is 20.1 Å². The number of aromatic amines is 1. The van der Waals surface area contributed by atoms with Crippen molar-refractivity contribution in [2.75, 3.05) is 6.54 Å². The van der Waals surface area contributed by atoms with Crippen molar-refractivity contribution >= 4 is 18.1 Å². The molecule has 2 N–H and O–H groups in total. The first kappa shape index (κ1) is 17.4. The summed E-state index contributed by atoms with van der Waals surface area (Å²) in [6, 6.07) is 9.79. The summed E-state index contributed by atoms with van der Waals surface area (Å²) in [5.41, 5.74) is 1.05. The van der Waals surface area contributed by atoms with Crippen LogP contribution >= 0.6 is 12.2 Å². The van der Waals surface area contributed by atoms with Crippen LogP contribution in [0.2, 0.25) is 0 Å². The van der Waals surface area contributed by atoms with Gasteiger partial charge in [-0.3, -0.25) is 9.89 Å². The van der Waals surface area contributed by atoms with E-state index in [9.17, 15) is 4.79 Å². The van der Waals surface area contributed by atoms with E-state index in [0.717, 1.165) is 17.9 Å². The number of hydrogen-bond donors (Lipinski definition) is 2. The van der Waals surface area contributed by atoms with Gasteiger partial charge in [-0.1, -0.05) is 30.3 Å². The predicted octanol–water partition coefficient (Wildman–Crippen LogP) is 2.22. The molecule has 1 amide bonds. The minimum Gasteiger partial charge on any atom is -0.364 e. The van der Waals surface area contributed by atoms with Crippen LogP contribution in [-0.2, 0) is 29.1 Å². The zero-order chi connectivity index (χ0) is 16.7. The number of amides is 1. The molecular formula is C16H22N4O2S. The van der Waals surface area contributed by atoms with Gasteiger partial charge in [-0.15, -0.1) is 0 Å². The van der Waals surface area contributed by atoms with Crippen LogP contribution < -0.4 is 5.32 Å². The Kier molecular flexibility index (Phi) is 6.49. The van der Waals surface area contributed by atoms with E-state index in [4.69, 9.17) is 17.0 Å². The Balaban J connectivity index is 1.74. The molecule has 1 aromatic heterocycles. The lowest BCUT2D eigenvalue weighted by atomic mass is 10.2. The summed E-state index contributed by atoms with van der Waals surface area (Å²) in [4.78, 5) is 12.0. The average molecular weight is 334 g/mol. The van der Waals surface area contributed by atoms with Gasteiger partial charge in [0.05, 0.1) is 6.61 Å². The molecule has 0 radical (unpaired) electrons. The van der Waals surface area contributed by atoms with Crippen molar-refractivity contribution in [2.45, 2.75) is 39.5 Å². The molecule has 1 aromatic carbocycles. The number of aromatic nitrogens is 3. The van der Waals surface area contributed by atoms with Crippen molar-refractivity contribution in [3.05, 3.63) is 46.5 Å². The molecule has 0 saturated heterocycles. The van der Waals surface area contributed by atoms with Gasteiger partial charge < -0.3 is 14.6 Å². The van der Waals surface area contributed by atoms with Crippen molar-refractivity contribution in [3.63, 3.8) is 0 Å². The van der Waals surface area contributed by atoms with Crippen molar-refractivity contribution in [2.24, 2.45) is 0 Å². The number of nitrogens with one attached hydrogen (secondary N) is 2. The lowest BCUT2D eigenvalue weighted by molar-refractivity contribution is -0.132. The van der Waals surface area contributed by atoms with Crippen molar-refractivity contribution < 1.29 is 9.53 Å². The molecule has 23 heavy (non-hydrogen) atoms. The van der Waals surface area contributed by atoms with Gasteiger partial charge in [-0.2, -0.15) is 5.10 Å². The highest BCUT2D eigenvalue weighted by Crippen LogP contribution is 2.03. The first-order chi connectivity index (χ1) is 11.1. The molecule has 0 aliphatic rings. The maximum atomic E-state index is 12.0. The Bertz CT molecular complexity index is 681. The van der Waals surface area contributed by atoms with E-state index in [1.54, 1.807) is 6.92 Å². The molecule has 2 rings (SSSR count). The van der Waals surface area contributed by atoms with E-state index in [2.05, 4.69) is 15.5 Å². The van der Waals surface area contributed by atoms with Gasteiger partial charge in [0.1, 0.15) is 11.9 Å². The number of ether oxygens (including phenoxy) is 1. The van der Waals surface area contributed by atoms with Crippen molar-refractivity contribution in [3.8, 4) is 0 Å². The highest BCUT2D eigenvalue weighted by molar-refractivity contribution is 7.71. The number of carbonyl (C=O) groups is 1. The molecule has 0 bridgehead atoms. The van der Waals surface area contributed by atoms with Gasteiger partial charge in [-0.25, -0.2) is 0 Å². The molecule has 6 nitrogen and oxygen atoms in total. The fourth-order valence-electron chi connectivity index (χ4n) is 2.18. The second-order valence-electron chi connectivity index (χ2n) is 5.17. The summed E-state index contributed by atoms with van der Waals surface area (Å²) in [5, 5.41) is 9.80. The lowest BCUT2D eigenvalue weighted by Gasteiger charge is -2.13. The molecule has 0 aliphatic carbocycles. The van der Waals surface area contributed by atoms with Gasteiger partial charge >= 0.3 is 0 Å². The van der Waals surface area contributed by atoms with E-state index in [-0.39, 0.29) is 5.91 Å². The van der Waals surface area contributed by atoms with Gasteiger partial charge in [0, 0.05) is 19.5 Å². The third kappa shape index (κ3) is 5.01. The molecule has 1 unspecified atom stereocenters. The Morgan fingerprint density at radius 2 is 2.17 bits per heavy atom. The number of carbonyl (C=O) groups excluding carboxylic acids is 1. The molecule has 124 valence electrons. The molecule has 1 atom stereocenters. The Labute approximate surface area is 140 Å². The first-order valence-electron chi connectivity index (χ1n) is 7.69. The maximum absolute atomic E-state index is 12.0. The second-order valence-corrected chi connectivity index (χ2v) is 5.56. The Morgan fingerprint density at radius 1 is 1.43 bits per heavy atom. The molecule has 7 heteroatoms. The smallest absolute Gasteiger partial charge is 0.248 e. The van der Waals surface area contributed by atoms with Crippen LogP contribution in [0, 0.1) is 4.77 Å². The molecule has 0 aliphatic heterocycles. The van der Waals surface area contributed by atoms with Crippen LogP contribution in [0.3, 0.4) is 0 Å². The third-order valence-electron chi connectivity index (χ3n) is 3.51. The normalized spacial score (nSPS) is 12.1. The standard InChI is InChI=1S/C16H22N4O2S/c1-3-20-14(18-19-16(20)23)9-10-17-15(21)12(2)22-11-13-7-5-4-6-8-13/h4-8,12H,3,9-11H2,1-2H3,(H,17,21)(H,19,23). The summed E-state index contributed by atoms with van der Waals surface area (Å²) in [7, 11) is 0. The van der Waals surface area contributed by atoms with Gasteiger partial charge in [0.25, 0.3) is 0 Å². The van der Waals surface area contributed by atoms with E-state index in [1.165, 1.54) is 0 Å². The predicted molar refractivity (Wildman–Crippen MR) is 90.5 cm³/mol. The lowest BCUT2D eigenvalue weighted by Crippen LogP contribution is -2.35. The number of benzene rings is 1. The Morgan fingerprint density at radius 3 is 2.87 bits per heavy atom. The van der Waals surface area contributed by atoms with Crippen LogP contribution in [0.5, 0.6) is 0 Å². The Hall–Kier alpha value is -1.99. The van der Waals surface area contributed by atoms with Crippen LogP contribution in [0.1, 0.15) is 25.2 Å². The monoisotopic (exact) mass is 334 g/mol. The van der Waals surface area contributed by atoms with Gasteiger partial charge in [0.15, 0.2) is 4.77 Å². The van der Waals surface area contributed by atoms with Crippen LogP contribution in [0.25, 0.3) is 0 Å². The van der Waals surface area contributed by atoms with Gasteiger partial charge in [0.2, 0.25) is 5.91 Å². The van der Waals surface area contributed by atoms with Gasteiger partial charge in [-0.05, 0) is 31.6 Å². The van der Waals surface area contributed by atoms with Crippen LogP contribution in [0.15, 0.2) is 30.3 Å². The fourth-order valence-corrected chi connectivity index (χ4v) is 2.46. The summed E-state index contributed by atoms with van der Waals surface area (Å²) >= 11 is 5.13. The number of H-pyrrole nitrogens is 1. The summed E-state index contributed by atoms with van der Waals surface area (Å²) in [5.74, 6) is 0.716. The largest absolute Gasteiger partial charge is 0.364 e. The number of nitrogens with zero attached hydrogens (tertiary/aromatic N) is 2. The van der Waals surface area contributed by atoms with E-state index >= 15 is 0 Å². The molecule has 2 aromatic rings. The van der Waals surface area contributed by atoms with Crippen LogP contribution in [-0.4, -0.2) is 33.3 Å². The fraction of sp³-hybridized carbons (Fsp3) is 0.438. The zero-order valence-corrected chi connectivity index (χ0v) is 14.2. The van der Waals surface area contributed by atoms with Crippen molar-refractivity contribution in [1.29, 1.82) is 0 Å². The SMILES string of the molecule is CCn1c(CCNC(=O)C(C)OCc2ccccc2)n[nH]c1=S. The van der Waals surface area contributed by atoms with Crippen LogP contribution in [0.4, 0.5) is 0 Å². The molecule has 0 fully saturated rings.